The van der Waals surface area contributed by atoms with Gasteiger partial charge in [-0.2, -0.15) is 0 Å². The van der Waals surface area contributed by atoms with Crippen molar-refractivity contribution in [2.45, 2.75) is 25.3 Å². The minimum Gasteiger partial charge on any atom is -0.493 e. The van der Waals surface area contributed by atoms with Gasteiger partial charge < -0.3 is 14.5 Å². The molecule has 5 nitrogen and oxygen atoms in total. The summed E-state index contributed by atoms with van der Waals surface area (Å²) in [6.07, 6.45) is 2.61. The lowest BCUT2D eigenvalue weighted by atomic mass is 10.0. The van der Waals surface area contributed by atoms with E-state index in [1.807, 2.05) is 47.4 Å². The Morgan fingerprint density at radius 1 is 0.967 bits per heavy atom. The Morgan fingerprint density at radius 3 is 2.43 bits per heavy atom. The van der Waals surface area contributed by atoms with Gasteiger partial charge in [0.15, 0.2) is 0 Å². The van der Waals surface area contributed by atoms with E-state index < -0.39 is 0 Å². The fourth-order valence-electron chi connectivity index (χ4n) is 4.41. The number of carbonyl (C=O) groups is 1. The van der Waals surface area contributed by atoms with Crippen LogP contribution in [0, 0.1) is 5.82 Å². The molecule has 1 amide bonds. The molecule has 0 radical (unpaired) electrons. The zero-order valence-corrected chi connectivity index (χ0v) is 17.4. The normalized spacial score (nSPS) is 20.2. The number of hydrogen-bond acceptors (Lipinski definition) is 4. The van der Waals surface area contributed by atoms with Crippen LogP contribution in [0.2, 0.25) is 0 Å². The molecule has 6 heteroatoms. The molecule has 2 aliphatic heterocycles. The molecule has 0 N–H and O–H groups in total. The third kappa shape index (κ3) is 5.30. The summed E-state index contributed by atoms with van der Waals surface area (Å²) in [6.45, 7) is 5.88. The van der Waals surface area contributed by atoms with Crippen molar-refractivity contribution in [3.8, 4) is 5.75 Å². The zero-order valence-electron chi connectivity index (χ0n) is 17.4. The van der Waals surface area contributed by atoms with Crippen LogP contribution < -0.4 is 9.64 Å². The van der Waals surface area contributed by atoms with Gasteiger partial charge in [0.2, 0.25) is 5.91 Å². The Hall–Kier alpha value is -2.60. The van der Waals surface area contributed by atoms with Gasteiger partial charge in [0, 0.05) is 51.0 Å². The second kappa shape index (κ2) is 9.94. The first-order valence-corrected chi connectivity index (χ1v) is 10.9. The molecule has 2 aromatic rings. The summed E-state index contributed by atoms with van der Waals surface area (Å²) >= 11 is 0. The predicted molar refractivity (Wildman–Crippen MR) is 116 cm³/mol. The van der Waals surface area contributed by atoms with Crippen molar-refractivity contribution >= 4 is 11.6 Å². The van der Waals surface area contributed by atoms with Crippen LogP contribution in [0.5, 0.6) is 5.75 Å². The average Bonchev–Trinajstić information content (AvgIpc) is 2.80. The molecule has 1 unspecified atom stereocenters. The minimum absolute atomic E-state index is 0.181. The third-order valence-corrected chi connectivity index (χ3v) is 6.10. The van der Waals surface area contributed by atoms with E-state index >= 15 is 0 Å². The van der Waals surface area contributed by atoms with Gasteiger partial charge in [-0.3, -0.25) is 9.69 Å². The minimum atomic E-state index is -0.196. The van der Waals surface area contributed by atoms with Crippen LogP contribution in [0.15, 0.2) is 54.6 Å². The number of amides is 1. The Morgan fingerprint density at radius 2 is 1.70 bits per heavy atom. The Bertz CT molecular complexity index is 807. The van der Waals surface area contributed by atoms with E-state index in [0.717, 1.165) is 63.5 Å². The highest BCUT2D eigenvalue weighted by Gasteiger charge is 2.29. The van der Waals surface area contributed by atoms with Gasteiger partial charge >= 0.3 is 0 Å². The second-order valence-corrected chi connectivity index (χ2v) is 8.05. The van der Waals surface area contributed by atoms with Gasteiger partial charge in [-0.1, -0.05) is 18.2 Å². The van der Waals surface area contributed by atoms with Crippen molar-refractivity contribution in [3.05, 3.63) is 60.4 Å². The van der Waals surface area contributed by atoms with Crippen LogP contribution in [-0.2, 0) is 4.79 Å². The maximum atomic E-state index is 13.2. The monoisotopic (exact) mass is 411 g/mol. The molecule has 160 valence electrons. The summed E-state index contributed by atoms with van der Waals surface area (Å²) in [4.78, 5) is 19.5. The number of halogens is 1. The molecule has 2 fully saturated rings. The molecule has 0 aliphatic carbocycles. The second-order valence-electron chi connectivity index (χ2n) is 8.05. The summed E-state index contributed by atoms with van der Waals surface area (Å²) < 4.78 is 18.8. The predicted octanol–water partition coefficient (Wildman–Crippen LogP) is 3.41. The molecule has 4 rings (SSSR count). The molecule has 0 saturated carbocycles. The number of nitrogens with zero attached hydrogens (tertiary/aromatic N) is 3. The molecule has 2 saturated heterocycles. The van der Waals surface area contributed by atoms with E-state index in [-0.39, 0.29) is 11.7 Å². The van der Waals surface area contributed by atoms with Crippen molar-refractivity contribution in [3.63, 3.8) is 0 Å². The van der Waals surface area contributed by atoms with Crippen LogP contribution in [0.1, 0.15) is 19.3 Å². The van der Waals surface area contributed by atoms with E-state index in [1.54, 1.807) is 0 Å². The summed E-state index contributed by atoms with van der Waals surface area (Å²) in [5.74, 6) is 0.792. The molecule has 0 aromatic heterocycles. The Labute approximate surface area is 178 Å². The lowest BCUT2D eigenvalue weighted by Crippen LogP contribution is -2.56. The number of ether oxygens (including phenoxy) is 1. The quantitative estimate of drug-likeness (QED) is 0.730. The average molecular weight is 412 g/mol. The molecule has 2 heterocycles. The summed E-state index contributed by atoms with van der Waals surface area (Å²) in [6, 6.07) is 16.8. The van der Waals surface area contributed by atoms with Crippen LogP contribution >= 0.6 is 0 Å². The van der Waals surface area contributed by atoms with Crippen LogP contribution in [0.4, 0.5) is 10.1 Å². The molecular weight excluding hydrogens is 381 g/mol. The van der Waals surface area contributed by atoms with Crippen molar-refractivity contribution < 1.29 is 13.9 Å². The fraction of sp³-hybridized carbons (Fsp3) is 0.458. The highest BCUT2D eigenvalue weighted by Crippen LogP contribution is 2.22. The molecule has 2 aliphatic rings. The maximum Gasteiger partial charge on any atom is 0.226 e. The Kier molecular flexibility index (Phi) is 6.84. The van der Waals surface area contributed by atoms with Gasteiger partial charge in [-0.15, -0.1) is 0 Å². The SMILES string of the molecule is O=C(CCOc1ccccc1)N1CCCC(N2CCN(c3ccc(F)cc3)CC2)C1. The smallest absolute Gasteiger partial charge is 0.226 e. The number of anilines is 1. The van der Waals surface area contributed by atoms with E-state index in [1.165, 1.54) is 12.1 Å². The highest BCUT2D eigenvalue weighted by molar-refractivity contribution is 5.76. The topological polar surface area (TPSA) is 36.0 Å². The van der Waals surface area contributed by atoms with Crippen LogP contribution in [0.3, 0.4) is 0 Å². The molecular formula is C24H30FN3O2. The summed E-state index contributed by atoms with van der Waals surface area (Å²) in [5, 5.41) is 0. The van der Waals surface area contributed by atoms with Gasteiger partial charge in [0.05, 0.1) is 13.0 Å². The number of piperazine rings is 1. The van der Waals surface area contributed by atoms with Crippen molar-refractivity contribution in [1.82, 2.24) is 9.80 Å². The number of likely N-dealkylation sites (tertiary alicyclic amines) is 1. The van der Waals surface area contributed by atoms with Crippen molar-refractivity contribution in [2.24, 2.45) is 0 Å². The summed E-state index contributed by atoms with van der Waals surface area (Å²) in [7, 11) is 0. The first kappa shape index (κ1) is 20.7. The Balaban J connectivity index is 1.23. The van der Waals surface area contributed by atoms with E-state index in [4.69, 9.17) is 4.74 Å². The molecule has 2 aromatic carbocycles. The molecule has 0 spiro atoms. The van der Waals surface area contributed by atoms with E-state index in [2.05, 4.69) is 9.80 Å². The van der Waals surface area contributed by atoms with Crippen molar-refractivity contribution in [1.29, 1.82) is 0 Å². The molecule has 30 heavy (non-hydrogen) atoms. The third-order valence-electron chi connectivity index (χ3n) is 6.10. The number of carbonyl (C=O) groups excluding carboxylic acids is 1. The maximum absolute atomic E-state index is 13.2. The number of piperidine rings is 1. The highest BCUT2D eigenvalue weighted by atomic mass is 19.1. The molecule has 1 atom stereocenters. The van der Waals surface area contributed by atoms with E-state index in [0.29, 0.717) is 19.1 Å². The van der Waals surface area contributed by atoms with E-state index in [9.17, 15) is 9.18 Å². The van der Waals surface area contributed by atoms with Gasteiger partial charge in [-0.05, 0) is 49.2 Å². The first-order valence-electron chi connectivity index (χ1n) is 10.9. The van der Waals surface area contributed by atoms with Gasteiger partial charge in [0.25, 0.3) is 0 Å². The number of para-hydroxylation sites is 1. The fourth-order valence-corrected chi connectivity index (χ4v) is 4.41. The standard InChI is InChI=1S/C24H30FN3O2/c25-20-8-10-21(11-9-20)26-14-16-27(17-15-26)22-5-4-13-28(19-22)24(29)12-18-30-23-6-2-1-3-7-23/h1-3,6-11,22H,4-5,12-19H2. The van der Waals surface area contributed by atoms with Crippen molar-refractivity contribution in [2.75, 3.05) is 50.8 Å². The largest absolute Gasteiger partial charge is 0.493 e. The van der Waals surface area contributed by atoms with Crippen LogP contribution in [-0.4, -0.2) is 67.6 Å². The summed E-state index contributed by atoms with van der Waals surface area (Å²) in [5.41, 5.74) is 1.08. The zero-order chi connectivity index (χ0) is 20.8. The number of rotatable bonds is 6. The lowest BCUT2D eigenvalue weighted by Gasteiger charge is -2.44. The lowest BCUT2D eigenvalue weighted by molar-refractivity contribution is -0.133. The van der Waals surface area contributed by atoms with Gasteiger partial charge in [-0.25, -0.2) is 4.39 Å². The number of hydrogen-bond donors (Lipinski definition) is 0. The molecule has 0 bridgehead atoms. The first-order chi connectivity index (χ1) is 14.7. The number of benzene rings is 2. The van der Waals surface area contributed by atoms with Crippen LogP contribution in [0.25, 0.3) is 0 Å². The van der Waals surface area contributed by atoms with Gasteiger partial charge in [0.1, 0.15) is 11.6 Å².